The fourth-order valence-corrected chi connectivity index (χ4v) is 1.36. The van der Waals surface area contributed by atoms with Crippen LogP contribution in [0, 0.1) is 6.92 Å². The smallest absolute Gasteiger partial charge is 0.271 e. The summed E-state index contributed by atoms with van der Waals surface area (Å²) in [7, 11) is -3.82. The maximum absolute atomic E-state index is 10.9. The van der Waals surface area contributed by atoms with Gasteiger partial charge >= 0.3 is 5.62 Å². The molecule has 0 saturated carbocycles. The molecule has 0 spiro atoms. The van der Waals surface area contributed by atoms with E-state index in [2.05, 4.69) is 0 Å². The highest BCUT2D eigenvalue weighted by molar-refractivity contribution is 8.04. The second-order valence-corrected chi connectivity index (χ2v) is 4.04. The molecule has 0 heterocycles. The first-order valence-corrected chi connectivity index (χ1v) is 4.75. The van der Waals surface area contributed by atoms with E-state index in [1.165, 1.54) is 12.1 Å². The lowest BCUT2D eigenvalue weighted by Gasteiger charge is -1.95. The average Bonchev–Trinajstić information content (AvgIpc) is 2.05. The highest BCUT2D eigenvalue weighted by atomic mass is 32.2. The van der Waals surface area contributed by atoms with Gasteiger partial charge in [-0.25, -0.2) is 8.42 Å². The van der Waals surface area contributed by atoms with Crippen molar-refractivity contribution in [1.82, 2.24) is 0 Å². The quantitative estimate of drug-likeness (QED) is 0.682. The standard InChI is InChI=1S/C8H7O3S/c1-7-2-4-8(5-3-7)12(10,11)6-9/h2-5H,1H3. The summed E-state index contributed by atoms with van der Waals surface area (Å²) in [4.78, 5) is 9.99. The summed E-state index contributed by atoms with van der Waals surface area (Å²) in [5, 5.41) is 0. The van der Waals surface area contributed by atoms with Gasteiger partial charge in [0, 0.05) is 0 Å². The topological polar surface area (TPSA) is 51.2 Å². The van der Waals surface area contributed by atoms with Gasteiger partial charge in [0.25, 0.3) is 0 Å². The van der Waals surface area contributed by atoms with Crippen molar-refractivity contribution in [2.45, 2.75) is 11.8 Å². The maximum Gasteiger partial charge on any atom is 0.333 e. The molecule has 0 saturated heterocycles. The molecule has 0 aliphatic heterocycles. The Morgan fingerprint density at radius 1 is 1.17 bits per heavy atom. The van der Waals surface area contributed by atoms with Gasteiger partial charge in [-0.1, -0.05) is 17.7 Å². The second kappa shape index (κ2) is 3.06. The number of benzene rings is 1. The molecule has 0 fully saturated rings. The van der Waals surface area contributed by atoms with E-state index in [-0.39, 0.29) is 4.90 Å². The highest BCUT2D eigenvalue weighted by Gasteiger charge is 2.12. The first kappa shape index (κ1) is 8.93. The Balaban J connectivity index is 3.23. The number of sulfone groups is 1. The fourth-order valence-electron chi connectivity index (χ4n) is 0.766. The lowest BCUT2D eigenvalue weighted by molar-refractivity contribution is 0.556. The van der Waals surface area contributed by atoms with E-state index in [0.717, 1.165) is 11.2 Å². The summed E-state index contributed by atoms with van der Waals surface area (Å²) in [6.07, 6.45) is 0. The number of hydrogen-bond donors (Lipinski definition) is 0. The van der Waals surface area contributed by atoms with Gasteiger partial charge in [0.15, 0.2) is 0 Å². The molecular formula is C8H7O3S. The molecule has 0 atom stereocenters. The molecule has 0 aromatic heterocycles. The molecule has 0 aliphatic carbocycles. The first-order chi connectivity index (χ1) is 5.56. The molecule has 0 unspecified atom stereocenters. The van der Waals surface area contributed by atoms with E-state index >= 15 is 0 Å². The third-order valence-electron chi connectivity index (χ3n) is 1.44. The van der Waals surface area contributed by atoms with Gasteiger partial charge in [0.05, 0.1) is 4.90 Å². The van der Waals surface area contributed by atoms with Crippen LogP contribution in [0.2, 0.25) is 0 Å². The Hall–Kier alpha value is -1.16. The van der Waals surface area contributed by atoms with Crippen LogP contribution in [-0.4, -0.2) is 14.0 Å². The van der Waals surface area contributed by atoms with Crippen LogP contribution in [0.1, 0.15) is 5.56 Å². The SMILES string of the molecule is Cc1ccc(S(=O)(=O)[C]=O)cc1. The zero-order valence-electron chi connectivity index (χ0n) is 6.44. The Morgan fingerprint density at radius 2 is 1.67 bits per heavy atom. The van der Waals surface area contributed by atoms with Crippen molar-refractivity contribution in [3.63, 3.8) is 0 Å². The van der Waals surface area contributed by atoms with E-state index in [9.17, 15) is 13.2 Å². The van der Waals surface area contributed by atoms with Crippen LogP contribution in [0.3, 0.4) is 0 Å². The predicted molar refractivity (Wildman–Crippen MR) is 44.1 cm³/mol. The molecule has 0 amide bonds. The van der Waals surface area contributed by atoms with Crippen LogP contribution in [0.5, 0.6) is 0 Å². The molecular weight excluding hydrogens is 176 g/mol. The van der Waals surface area contributed by atoms with Gasteiger partial charge in [0.1, 0.15) is 0 Å². The lowest BCUT2D eigenvalue weighted by Crippen LogP contribution is -2.00. The van der Waals surface area contributed by atoms with Crippen LogP contribution >= 0.6 is 0 Å². The molecule has 3 nitrogen and oxygen atoms in total. The van der Waals surface area contributed by atoms with E-state index in [0.29, 0.717) is 0 Å². The normalized spacial score (nSPS) is 11.1. The molecule has 0 bridgehead atoms. The van der Waals surface area contributed by atoms with E-state index in [4.69, 9.17) is 0 Å². The van der Waals surface area contributed by atoms with Crippen molar-refractivity contribution < 1.29 is 13.2 Å². The molecule has 1 radical (unpaired) electrons. The lowest BCUT2D eigenvalue weighted by atomic mass is 10.2. The molecule has 1 rings (SSSR count). The van der Waals surface area contributed by atoms with Crippen LogP contribution in [-0.2, 0) is 14.6 Å². The van der Waals surface area contributed by atoms with E-state index < -0.39 is 9.84 Å². The summed E-state index contributed by atoms with van der Waals surface area (Å²) in [6.45, 7) is 1.83. The van der Waals surface area contributed by atoms with Crippen molar-refractivity contribution in [3.05, 3.63) is 29.8 Å². The molecule has 63 valence electrons. The van der Waals surface area contributed by atoms with Crippen molar-refractivity contribution in [2.75, 3.05) is 0 Å². The van der Waals surface area contributed by atoms with E-state index in [1.807, 2.05) is 6.92 Å². The van der Waals surface area contributed by atoms with Crippen LogP contribution in [0.15, 0.2) is 29.2 Å². The maximum atomic E-state index is 10.9. The average molecular weight is 183 g/mol. The van der Waals surface area contributed by atoms with Gasteiger partial charge in [-0.3, -0.25) is 4.79 Å². The number of carbonyl (C=O) groups excluding carboxylic acids is 1. The second-order valence-electron chi connectivity index (χ2n) is 2.40. The molecule has 12 heavy (non-hydrogen) atoms. The molecule has 0 aliphatic rings. The van der Waals surface area contributed by atoms with Crippen molar-refractivity contribution in [2.24, 2.45) is 0 Å². The minimum atomic E-state index is -3.82. The number of hydrogen-bond acceptors (Lipinski definition) is 3. The van der Waals surface area contributed by atoms with Gasteiger partial charge in [0.2, 0.25) is 9.84 Å². The van der Waals surface area contributed by atoms with Gasteiger partial charge in [-0.2, -0.15) is 0 Å². The zero-order valence-corrected chi connectivity index (χ0v) is 7.26. The van der Waals surface area contributed by atoms with Crippen LogP contribution in [0.4, 0.5) is 0 Å². The predicted octanol–water partition coefficient (Wildman–Crippen LogP) is 0.836. The highest BCUT2D eigenvalue weighted by Crippen LogP contribution is 2.09. The monoisotopic (exact) mass is 183 g/mol. The summed E-state index contributed by atoms with van der Waals surface area (Å²) >= 11 is 0. The summed E-state index contributed by atoms with van der Waals surface area (Å²) in [5.41, 5.74) is 1.94. The van der Waals surface area contributed by atoms with Crippen molar-refractivity contribution in [1.29, 1.82) is 0 Å². The van der Waals surface area contributed by atoms with Crippen molar-refractivity contribution in [3.8, 4) is 0 Å². The summed E-state index contributed by atoms with van der Waals surface area (Å²) in [5.74, 6) is 0. The van der Waals surface area contributed by atoms with E-state index in [1.54, 1.807) is 12.1 Å². The molecule has 1 aromatic carbocycles. The Labute approximate surface area is 70.9 Å². The molecule has 4 heteroatoms. The third-order valence-corrected chi connectivity index (χ3v) is 2.55. The Bertz CT molecular complexity index is 375. The third kappa shape index (κ3) is 1.71. The van der Waals surface area contributed by atoms with Crippen molar-refractivity contribution >= 4 is 15.5 Å². The summed E-state index contributed by atoms with van der Waals surface area (Å²) < 4.78 is 21.8. The fraction of sp³-hybridized carbons (Fsp3) is 0.125. The minimum Gasteiger partial charge on any atom is -0.271 e. The van der Waals surface area contributed by atoms with Gasteiger partial charge in [-0.15, -0.1) is 0 Å². The van der Waals surface area contributed by atoms with Crippen LogP contribution < -0.4 is 0 Å². The minimum absolute atomic E-state index is 0.0110. The molecule has 0 N–H and O–H groups in total. The summed E-state index contributed by atoms with van der Waals surface area (Å²) in [6, 6.07) is 6.03. The Kier molecular flexibility index (Phi) is 2.28. The van der Waals surface area contributed by atoms with Crippen LogP contribution in [0.25, 0.3) is 0 Å². The zero-order chi connectivity index (χ0) is 9.19. The number of aryl methyl sites for hydroxylation is 1. The largest absolute Gasteiger partial charge is 0.333 e. The Morgan fingerprint density at radius 3 is 2.08 bits per heavy atom. The number of rotatable bonds is 2. The molecule has 1 aromatic rings. The van der Waals surface area contributed by atoms with Gasteiger partial charge in [-0.05, 0) is 19.1 Å². The first-order valence-electron chi connectivity index (χ1n) is 3.27. The van der Waals surface area contributed by atoms with Gasteiger partial charge < -0.3 is 0 Å².